The van der Waals surface area contributed by atoms with Gasteiger partial charge in [0.2, 0.25) is 0 Å². The molecule has 0 unspecified atom stereocenters. The van der Waals surface area contributed by atoms with Crippen LogP contribution < -0.4 is 10.6 Å². The molecular formula is C29H28F2N2O6. The second kappa shape index (κ2) is 12.0. The maximum Gasteiger partial charge on any atom is 0.407 e. The molecule has 204 valence electrons. The number of halogens is 2. The first-order valence-corrected chi connectivity index (χ1v) is 12.3. The summed E-state index contributed by atoms with van der Waals surface area (Å²) < 4.78 is 39.8. The Morgan fingerprint density at radius 1 is 0.923 bits per heavy atom. The number of rotatable bonds is 11. The summed E-state index contributed by atoms with van der Waals surface area (Å²) in [5.74, 6) is -7.76. The molecule has 3 aromatic carbocycles. The van der Waals surface area contributed by atoms with Crippen molar-refractivity contribution in [3.05, 3.63) is 95.6 Å². The number of benzene rings is 3. The van der Waals surface area contributed by atoms with Crippen LogP contribution in [-0.2, 0) is 25.7 Å². The molecule has 2 amide bonds. The molecule has 0 spiro atoms. The molecule has 0 aliphatic heterocycles. The van der Waals surface area contributed by atoms with Crippen molar-refractivity contribution in [1.29, 1.82) is 0 Å². The van der Waals surface area contributed by atoms with E-state index in [1.807, 2.05) is 59.2 Å². The number of amides is 2. The first-order chi connectivity index (χ1) is 18.7. The number of carboxylic acids is 1. The third kappa shape index (κ3) is 6.58. The summed E-state index contributed by atoms with van der Waals surface area (Å²) in [7, 11) is 0. The lowest BCUT2D eigenvalue weighted by molar-refractivity contribution is -0.154. The lowest BCUT2D eigenvalue weighted by Crippen LogP contribution is -2.56. The van der Waals surface area contributed by atoms with Crippen molar-refractivity contribution < 1.29 is 37.7 Å². The highest BCUT2D eigenvalue weighted by Gasteiger charge is 2.42. The lowest BCUT2D eigenvalue weighted by Gasteiger charge is -2.24. The molecule has 0 aromatic heterocycles. The summed E-state index contributed by atoms with van der Waals surface area (Å²) in [5.41, 5.74) is 4.69. The van der Waals surface area contributed by atoms with Crippen molar-refractivity contribution in [2.75, 3.05) is 13.2 Å². The van der Waals surface area contributed by atoms with Crippen molar-refractivity contribution in [2.45, 2.75) is 37.5 Å². The Bertz CT molecular complexity index is 1290. The monoisotopic (exact) mass is 538 g/mol. The number of fused-ring (bicyclic) bond motifs is 3. The minimum absolute atomic E-state index is 0.0292. The van der Waals surface area contributed by atoms with E-state index in [0.29, 0.717) is 0 Å². The predicted octanol–water partition coefficient (Wildman–Crippen LogP) is 4.34. The second-order valence-corrected chi connectivity index (χ2v) is 9.17. The van der Waals surface area contributed by atoms with Crippen LogP contribution in [0.15, 0.2) is 78.9 Å². The molecule has 0 saturated heterocycles. The van der Waals surface area contributed by atoms with Crippen molar-refractivity contribution in [3.8, 4) is 11.1 Å². The Morgan fingerprint density at radius 3 is 2.08 bits per heavy atom. The van der Waals surface area contributed by atoms with Crippen LogP contribution in [0.4, 0.5) is 13.6 Å². The summed E-state index contributed by atoms with van der Waals surface area (Å²) in [4.78, 5) is 36.1. The molecule has 1 aliphatic rings. The van der Waals surface area contributed by atoms with Crippen molar-refractivity contribution >= 4 is 18.0 Å². The van der Waals surface area contributed by atoms with Crippen LogP contribution in [0.1, 0.15) is 29.5 Å². The average molecular weight is 539 g/mol. The highest BCUT2D eigenvalue weighted by Crippen LogP contribution is 2.44. The largest absolute Gasteiger partial charge is 0.480 e. The second-order valence-electron chi connectivity index (χ2n) is 9.17. The highest BCUT2D eigenvalue weighted by molar-refractivity contribution is 5.89. The summed E-state index contributed by atoms with van der Waals surface area (Å²) in [6.45, 7) is -0.0768. The Kier molecular flexibility index (Phi) is 8.55. The van der Waals surface area contributed by atoms with Gasteiger partial charge < -0.3 is 25.2 Å². The van der Waals surface area contributed by atoms with Crippen LogP contribution in [0, 0.1) is 0 Å². The van der Waals surface area contributed by atoms with Gasteiger partial charge in [0.15, 0.2) is 6.04 Å². The van der Waals surface area contributed by atoms with Crippen molar-refractivity contribution in [1.82, 2.24) is 10.6 Å². The molecule has 0 fully saturated rings. The number of nitrogens with one attached hydrogen (secondary N) is 2. The van der Waals surface area contributed by atoms with E-state index in [4.69, 9.17) is 9.47 Å². The number of aliphatic carboxylic acids is 1. The van der Waals surface area contributed by atoms with Gasteiger partial charge in [0.25, 0.3) is 5.91 Å². The highest BCUT2D eigenvalue weighted by atomic mass is 19.3. The number of alkyl halides is 2. The number of carbonyl (C=O) groups excluding carboxylic acids is 2. The molecule has 2 atom stereocenters. The normalized spacial score (nSPS) is 14.0. The fraction of sp³-hybridized carbons (Fsp3) is 0.276. The van der Waals surface area contributed by atoms with Crippen molar-refractivity contribution in [2.24, 2.45) is 0 Å². The van der Waals surface area contributed by atoms with Crippen LogP contribution in [0.5, 0.6) is 0 Å². The van der Waals surface area contributed by atoms with Gasteiger partial charge in [0.1, 0.15) is 6.61 Å². The predicted molar refractivity (Wildman–Crippen MR) is 138 cm³/mol. The molecule has 4 rings (SSSR count). The van der Waals surface area contributed by atoms with E-state index < -0.39 is 42.6 Å². The number of carboxylic acid groups (broad SMARTS) is 1. The Balaban J connectivity index is 1.29. The molecule has 8 nitrogen and oxygen atoms in total. The number of carbonyl (C=O) groups is 3. The van der Waals surface area contributed by atoms with Crippen molar-refractivity contribution in [3.63, 3.8) is 0 Å². The Hall–Kier alpha value is -4.31. The van der Waals surface area contributed by atoms with E-state index in [1.165, 1.54) is 6.92 Å². The quantitative estimate of drug-likeness (QED) is 0.335. The topological polar surface area (TPSA) is 114 Å². The zero-order valence-electron chi connectivity index (χ0n) is 21.1. The Labute approximate surface area is 223 Å². The molecule has 0 radical (unpaired) electrons. The minimum Gasteiger partial charge on any atom is -0.480 e. The molecule has 0 saturated carbocycles. The molecule has 3 aromatic rings. The SMILES string of the molecule is C[C@H](OCc1ccccc1)[C@@H](NC(=O)C(F)(F)CNC(=O)OCC1c2ccccc2-c2ccccc21)C(=O)O. The third-order valence-electron chi connectivity index (χ3n) is 6.51. The number of hydrogen-bond acceptors (Lipinski definition) is 5. The summed E-state index contributed by atoms with van der Waals surface area (Å²) in [6, 6.07) is 22.4. The summed E-state index contributed by atoms with van der Waals surface area (Å²) >= 11 is 0. The van der Waals surface area contributed by atoms with Gasteiger partial charge in [-0.1, -0.05) is 78.9 Å². The third-order valence-corrected chi connectivity index (χ3v) is 6.51. The average Bonchev–Trinajstić information content (AvgIpc) is 3.26. The van der Waals surface area contributed by atoms with Gasteiger partial charge in [0.05, 0.1) is 19.3 Å². The molecule has 0 heterocycles. The van der Waals surface area contributed by atoms with E-state index in [1.54, 1.807) is 30.3 Å². The first-order valence-electron chi connectivity index (χ1n) is 12.3. The fourth-order valence-electron chi connectivity index (χ4n) is 4.44. The maximum atomic E-state index is 14.5. The molecule has 0 bridgehead atoms. The Morgan fingerprint density at radius 2 is 1.49 bits per heavy atom. The van der Waals surface area contributed by atoms with Gasteiger partial charge in [-0.2, -0.15) is 8.78 Å². The molecular weight excluding hydrogens is 510 g/mol. The van der Waals surface area contributed by atoms with E-state index in [9.17, 15) is 28.3 Å². The van der Waals surface area contributed by atoms with Gasteiger partial charge in [-0.05, 0) is 34.7 Å². The smallest absolute Gasteiger partial charge is 0.407 e. The first kappa shape index (κ1) is 27.7. The minimum atomic E-state index is -4.10. The van der Waals surface area contributed by atoms with Gasteiger partial charge in [-0.15, -0.1) is 0 Å². The van der Waals surface area contributed by atoms with E-state index in [2.05, 4.69) is 0 Å². The van der Waals surface area contributed by atoms with Gasteiger partial charge in [-0.3, -0.25) is 4.79 Å². The van der Waals surface area contributed by atoms with Crippen LogP contribution in [0.3, 0.4) is 0 Å². The summed E-state index contributed by atoms with van der Waals surface area (Å²) in [6.07, 6.45) is -2.24. The number of hydrogen-bond donors (Lipinski definition) is 3. The van der Waals surface area contributed by atoms with E-state index in [0.717, 1.165) is 27.8 Å². The van der Waals surface area contributed by atoms with E-state index >= 15 is 0 Å². The van der Waals surface area contributed by atoms with Gasteiger partial charge in [-0.25, -0.2) is 9.59 Å². The van der Waals surface area contributed by atoms with Gasteiger partial charge >= 0.3 is 18.0 Å². The molecule has 10 heteroatoms. The summed E-state index contributed by atoms with van der Waals surface area (Å²) in [5, 5.41) is 13.2. The molecule has 1 aliphatic carbocycles. The lowest BCUT2D eigenvalue weighted by atomic mass is 9.98. The van der Waals surface area contributed by atoms with Crippen LogP contribution in [0.25, 0.3) is 11.1 Å². The van der Waals surface area contributed by atoms with Crippen LogP contribution >= 0.6 is 0 Å². The molecule has 3 N–H and O–H groups in total. The standard InChI is InChI=1S/C29H28F2N2O6/c1-18(38-15-19-9-3-2-4-10-19)25(26(34)35)33-27(36)29(30,31)17-32-28(37)39-16-24-22-13-7-5-11-20(22)21-12-6-8-14-23(21)24/h2-14,18,24-25H,15-17H2,1H3,(H,32,37)(H,33,36)(H,34,35)/t18-,25+/m0/s1. The van der Waals surface area contributed by atoms with Crippen LogP contribution in [-0.4, -0.2) is 54.3 Å². The van der Waals surface area contributed by atoms with E-state index in [-0.39, 0.29) is 19.1 Å². The zero-order chi connectivity index (χ0) is 28.0. The van der Waals surface area contributed by atoms with Crippen LogP contribution in [0.2, 0.25) is 0 Å². The number of alkyl carbamates (subject to hydrolysis) is 1. The zero-order valence-corrected chi connectivity index (χ0v) is 21.1. The molecule has 39 heavy (non-hydrogen) atoms. The fourth-order valence-corrected chi connectivity index (χ4v) is 4.44. The number of ether oxygens (including phenoxy) is 2. The maximum absolute atomic E-state index is 14.5. The van der Waals surface area contributed by atoms with Gasteiger partial charge in [0, 0.05) is 5.92 Å².